The van der Waals surface area contributed by atoms with Gasteiger partial charge in [-0.25, -0.2) is 0 Å². The Balaban J connectivity index is 0.00000225. The number of aliphatic hydroxyl groups is 1. The van der Waals surface area contributed by atoms with Crippen LogP contribution in [0.25, 0.3) is 0 Å². The molecule has 1 radical (unpaired) electrons. The molecule has 0 spiro atoms. The molecular weight excluding hydrogens is 429 g/mol. The second-order valence-corrected chi connectivity index (χ2v) is 6.90. The number of methoxy groups -OCH3 is 1. The van der Waals surface area contributed by atoms with Crippen LogP contribution in [-0.2, 0) is 44.7 Å². The molecular formula is C23H22O4Y. The molecule has 4 rings (SSSR count). The van der Waals surface area contributed by atoms with Gasteiger partial charge in [0, 0.05) is 50.8 Å². The summed E-state index contributed by atoms with van der Waals surface area (Å²) >= 11 is 0. The van der Waals surface area contributed by atoms with Gasteiger partial charge in [-0.2, -0.15) is 0 Å². The van der Waals surface area contributed by atoms with Gasteiger partial charge in [0.1, 0.15) is 22.8 Å². The van der Waals surface area contributed by atoms with Gasteiger partial charge in [-0.3, -0.25) is 0 Å². The molecule has 1 aliphatic heterocycles. The maximum atomic E-state index is 11.9. The van der Waals surface area contributed by atoms with Crippen LogP contribution in [0.1, 0.15) is 22.6 Å². The van der Waals surface area contributed by atoms with E-state index in [1.807, 2.05) is 54.6 Å². The standard InChI is InChI=1S/C23H22O4.Y/c1-26-19-10-7-16(8-11-19)14-23(25)20-12-9-18(24)13-22(20)27-15-21(23)17-5-3-2-4-6-17;/h2-13,21,24-25H,14-15H2,1H3;. The number of phenolic OH excluding ortho intramolecular Hbond substituents is 1. The zero-order chi connectivity index (χ0) is 18.9. The van der Waals surface area contributed by atoms with Gasteiger partial charge >= 0.3 is 0 Å². The van der Waals surface area contributed by atoms with Gasteiger partial charge in [0.15, 0.2) is 0 Å². The molecule has 141 valence electrons. The normalized spacial score (nSPS) is 20.4. The van der Waals surface area contributed by atoms with Crippen LogP contribution in [0.4, 0.5) is 0 Å². The number of rotatable bonds is 4. The van der Waals surface area contributed by atoms with Gasteiger partial charge in [0.05, 0.1) is 19.6 Å². The first-order chi connectivity index (χ1) is 13.1. The van der Waals surface area contributed by atoms with Gasteiger partial charge in [-0.05, 0) is 35.4 Å². The van der Waals surface area contributed by atoms with Crippen molar-refractivity contribution in [2.45, 2.75) is 17.9 Å². The number of ether oxygens (including phenoxy) is 2. The Kier molecular flexibility index (Phi) is 6.44. The van der Waals surface area contributed by atoms with Crippen molar-refractivity contribution in [3.63, 3.8) is 0 Å². The number of aromatic hydroxyl groups is 1. The quantitative estimate of drug-likeness (QED) is 0.630. The summed E-state index contributed by atoms with van der Waals surface area (Å²) in [6, 6.07) is 22.6. The largest absolute Gasteiger partial charge is 0.508 e. The molecule has 0 saturated heterocycles. The summed E-state index contributed by atoms with van der Waals surface area (Å²) in [6.07, 6.45) is 0.428. The first-order valence-corrected chi connectivity index (χ1v) is 8.97. The minimum atomic E-state index is -1.16. The van der Waals surface area contributed by atoms with Crippen LogP contribution >= 0.6 is 0 Å². The third kappa shape index (κ3) is 3.95. The van der Waals surface area contributed by atoms with E-state index >= 15 is 0 Å². The second-order valence-electron chi connectivity index (χ2n) is 6.90. The van der Waals surface area contributed by atoms with Gasteiger partial charge in [0.25, 0.3) is 0 Å². The SMILES string of the molecule is COc1ccc(CC2(O)c3ccc(O)cc3OCC2c2ccccc2)cc1.[Y]. The molecule has 2 N–H and O–H groups in total. The van der Waals surface area contributed by atoms with Crippen LogP contribution in [0.5, 0.6) is 17.2 Å². The Bertz CT molecular complexity index is 927. The molecule has 28 heavy (non-hydrogen) atoms. The number of hydrogen-bond donors (Lipinski definition) is 2. The molecule has 0 aliphatic carbocycles. The molecule has 0 amide bonds. The van der Waals surface area contributed by atoms with E-state index in [1.54, 1.807) is 25.3 Å². The van der Waals surface area contributed by atoms with E-state index in [0.717, 1.165) is 16.9 Å². The Morgan fingerprint density at radius 2 is 1.75 bits per heavy atom. The molecule has 2 unspecified atom stereocenters. The number of hydrogen-bond acceptors (Lipinski definition) is 4. The smallest absolute Gasteiger partial charge is 0.129 e. The van der Waals surface area contributed by atoms with Crippen LogP contribution < -0.4 is 9.47 Å². The van der Waals surface area contributed by atoms with Crippen molar-refractivity contribution in [1.29, 1.82) is 0 Å². The number of phenols is 1. The number of fused-ring (bicyclic) bond motifs is 1. The van der Waals surface area contributed by atoms with Crippen molar-refractivity contribution in [3.8, 4) is 17.2 Å². The van der Waals surface area contributed by atoms with Crippen molar-refractivity contribution in [2.24, 2.45) is 0 Å². The first kappa shape index (κ1) is 20.8. The molecule has 1 heterocycles. The second kappa shape index (κ2) is 8.65. The van der Waals surface area contributed by atoms with Crippen LogP contribution in [0.2, 0.25) is 0 Å². The summed E-state index contributed by atoms with van der Waals surface area (Å²) < 4.78 is 11.1. The molecule has 0 aromatic heterocycles. The fourth-order valence-corrected chi connectivity index (χ4v) is 3.82. The molecule has 1 aliphatic rings. The zero-order valence-corrected chi connectivity index (χ0v) is 18.5. The van der Waals surface area contributed by atoms with Crippen molar-refractivity contribution >= 4 is 0 Å². The van der Waals surface area contributed by atoms with Crippen LogP contribution in [-0.4, -0.2) is 23.9 Å². The van der Waals surface area contributed by atoms with Crippen LogP contribution in [0.3, 0.4) is 0 Å². The van der Waals surface area contributed by atoms with E-state index in [9.17, 15) is 10.2 Å². The van der Waals surface area contributed by atoms with Gasteiger partial charge in [0.2, 0.25) is 0 Å². The Labute approximate surface area is 190 Å². The predicted molar refractivity (Wildman–Crippen MR) is 103 cm³/mol. The van der Waals surface area contributed by atoms with Gasteiger partial charge in [-0.15, -0.1) is 0 Å². The van der Waals surface area contributed by atoms with Crippen molar-refractivity contribution in [2.75, 3.05) is 13.7 Å². The number of benzene rings is 3. The molecule has 5 heteroatoms. The zero-order valence-electron chi connectivity index (χ0n) is 15.7. The minimum absolute atomic E-state index is 0. The van der Waals surface area contributed by atoms with Crippen molar-refractivity contribution < 1.29 is 52.4 Å². The van der Waals surface area contributed by atoms with Crippen LogP contribution in [0.15, 0.2) is 72.8 Å². The van der Waals surface area contributed by atoms with E-state index < -0.39 is 5.60 Å². The third-order valence-electron chi connectivity index (χ3n) is 5.25. The van der Waals surface area contributed by atoms with E-state index in [4.69, 9.17) is 9.47 Å². The third-order valence-corrected chi connectivity index (χ3v) is 5.25. The van der Waals surface area contributed by atoms with E-state index in [2.05, 4.69) is 0 Å². The van der Waals surface area contributed by atoms with E-state index in [1.165, 1.54) is 0 Å². The van der Waals surface area contributed by atoms with Gasteiger partial charge in [-0.1, -0.05) is 42.5 Å². The predicted octanol–water partition coefficient (Wildman–Crippen LogP) is 4.00. The van der Waals surface area contributed by atoms with Crippen molar-refractivity contribution in [3.05, 3.63) is 89.5 Å². The minimum Gasteiger partial charge on any atom is -0.508 e. The Hall–Kier alpha value is -1.88. The van der Waals surface area contributed by atoms with E-state index in [0.29, 0.717) is 24.3 Å². The molecule has 3 aromatic rings. The summed E-state index contributed by atoms with van der Waals surface area (Å²) in [6.45, 7) is 0.340. The van der Waals surface area contributed by atoms with Crippen molar-refractivity contribution in [1.82, 2.24) is 0 Å². The summed E-state index contributed by atoms with van der Waals surface area (Å²) in [5.74, 6) is 1.21. The molecule has 0 bridgehead atoms. The Morgan fingerprint density at radius 1 is 1.04 bits per heavy atom. The molecule has 0 fully saturated rings. The van der Waals surface area contributed by atoms with E-state index in [-0.39, 0.29) is 44.4 Å². The van der Waals surface area contributed by atoms with Crippen LogP contribution in [0, 0.1) is 0 Å². The fourth-order valence-electron chi connectivity index (χ4n) is 3.82. The summed E-state index contributed by atoms with van der Waals surface area (Å²) in [7, 11) is 1.63. The fraction of sp³-hybridized carbons (Fsp3) is 0.217. The topological polar surface area (TPSA) is 58.9 Å². The molecule has 0 saturated carbocycles. The average molecular weight is 451 g/mol. The maximum absolute atomic E-state index is 11.9. The average Bonchev–Trinajstić information content (AvgIpc) is 2.69. The molecule has 4 nitrogen and oxygen atoms in total. The molecule has 2 atom stereocenters. The summed E-state index contributed by atoms with van der Waals surface area (Å²) in [4.78, 5) is 0. The molecule has 3 aromatic carbocycles. The Morgan fingerprint density at radius 3 is 2.43 bits per heavy atom. The summed E-state index contributed by atoms with van der Waals surface area (Å²) in [5.41, 5.74) is 1.56. The summed E-state index contributed by atoms with van der Waals surface area (Å²) in [5, 5.41) is 21.7. The monoisotopic (exact) mass is 451 g/mol. The first-order valence-electron chi connectivity index (χ1n) is 8.97. The maximum Gasteiger partial charge on any atom is 0.129 e. The van der Waals surface area contributed by atoms with Gasteiger partial charge < -0.3 is 19.7 Å².